The predicted octanol–water partition coefficient (Wildman–Crippen LogP) is 3.67. The summed E-state index contributed by atoms with van der Waals surface area (Å²) in [7, 11) is 0. The zero-order chi connectivity index (χ0) is 12.9. The van der Waals surface area contributed by atoms with Crippen LogP contribution >= 0.6 is 0 Å². The van der Waals surface area contributed by atoms with Gasteiger partial charge in [0, 0.05) is 5.56 Å². The molecule has 17 heavy (non-hydrogen) atoms. The maximum atomic E-state index is 9.61. The van der Waals surface area contributed by atoms with Gasteiger partial charge >= 0.3 is 0 Å². The van der Waals surface area contributed by atoms with Crippen LogP contribution in [0.2, 0.25) is 0 Å². The first-order valence-electron chi connectivity index (χ1n) is 6.02. The number of aromatic hydroxyl groups is 1. The van der Waals surface area contributed by atoms with Crippen molar-refractivity contribution in [3.63, 3.8) is 0 Å². The second-order valence-corrected chi connectivity index (χ2v) is 5.01. The smallest absolute Gasteiger partial charge is 0.124 e. The number of phenolic OH excluding ortho intramolecular Hbond substituents is 1. The quantitative estimate of drug-likeness (QED) is 0.465. The molecule has 1 aromatic carbocycles. The van der Waals surface area contributed by atoms with Gasteiger partial charge in [-0.25, -0.2) is 0 Å². The van der Waals surface area contributed by atoms with Gasteiger partial charge in [-0.05, 0) is 29.5 Å². The van der Waals surface area contributed by atoms with Crippen LogP contribution in [0, 0.1) is 0 Å². The van der Waals surface area contributed by atoms with E-state index in [2.05, 4.69) is 25.9 Å². The number of oxime groups is 1. The molecule has 0 atom stereocenters. The summed E-state index contributed by atoms with van der Waals surface area (Å²) in [6.07, 6.45) is 4.71. The first-order valence-corrected chi connectivity index (χ1v) is 6.02. The van der Waals surface area contributed by atoms with Crippen molar-refractivity contribution in [1.29, 1.82) is 0 Å². The Balaban J connectivity index is 3.01. The number of nitrogens with zero attached hydrogens (tertiary/aromatic N) is 1. The van der Waals surface area contributed by atoms with E-state index in [0.29, 0.717) is 5.56 Å². The van der Waals surface area contributed by atoms with Gasteiger partial charge in [0.25, 0.3) is 0 Å². The van der Waals surface area contributed by atoms with E-state index in [1.165, 1.54) is 19.1 Å². The third-order valence-corrected chi connectivity index (χ3v) is 3.16. The average molecular weight is 235 g/mol. The highest BCUT2D eigenvalue weighted by molar-refractivity contribution is 5.83. The topological polar surface area (TPSA) is 52.8 Å². The van der Waals surface area contributed by atoms with Crippen molar-refractivity contribution in [1.82, 2.24) is 0 Å². The lowest BCUT2D eigenvalue weighted by Gasteiger charge is -2.25. The molecule has 0 radical (unpaired) electrons. The molecule has 0 aliphatic rings. The van der Waals surface area contributed by atoms with Gasteiger partial charge in [-0.3, -0.25) is 0 Å². The number of unbranched alkanes of at least 4 members (excludes halogenated alkanes) is 1. The Labute approximate surface area is 103 Å². The van der Waals surface area contributed by atoms with E-state index in [4.69, 9.17) is 5.21 Å². The maximum absolute atomic E-state index is 9.61. The number of hydrogen-bond donors (Lipinski definition) is 2. The highest BCUT2D eigenvalue weighted by atomic mass is 16.4. The third-order valence-electron chi connectivity index (χ3n) is 3.16. The molecule has 1 rings (SSSR count). The molecule has 0 unspecified atom stereocenters. The van der Waals surface area contributed by atoms with Gasteiger partial charge in [0.1, 0.15) is 5.75 Å². The molecule has 94 valence electrons. The number of rotatable bonds is 5. The Morgan fingerprint density at radius 1 is 1.35 bits per heavy atom. The maximum Gasteiger partial charge on any atom is 0.124 e. The second kappa shape index (κ2) is 5.71. The minimum Gasteiger partial charge on any atom is -0.507 e. The summed E-state index contributed by atoms with van der Waals surface area (Å²) in [4.78, 5) is 0. The Morgan fingerprint density at radius 2 is 2.06 bits per heavy atom. The van der Waals surface area contributed by atoms with Crippen LogP contribution in [0.25, 0.3) is 0 Å². The van der Waals surface area contributed by atoms with Crippen LogP contribution in [-0.4, -0.2) is 16.5 Å². The fourth-order valence-electron chi connectivity index (χ4n) is 1.90. The normalized spacial score (nSPS) is 12.2. The van der Waals surface area contributed by atoms with Gasteiger partial charge in [0.2, 0.25) is 0 Å². The molecule has 3 nitrogen and oxygen atoms in total. The van der Waals surface area contributed by atoms with E-state index in [1.807, 2.05) is 12.1 Å². The summed E-state index contributed by atoms with van der Waals surface area (Å²) in [6, 6.07) is 5.46. The molecular formula is C14H21NO2. The van der Waals surface area contributed by atoms with Crippen molar-refractivity contribution in [2.75, 3.05) is 0 Å². The van der Waals surface area contributed by atoms with Crippen molar-refractivity contribution in [2.24, 2.45) is 5.16 Å². The zero-order valence-corrected chi connectivity index (χ0v) is 10.8. The van der Waals surface area contributed by atoms with Gasteiger partial charge < -0.3 is 10.3 Å². The van der Waals surface area contributed by atoms with E-state index in [-0.39, 0.29) is 11.2 Å². The molecule has 1 aromatic rings. The molecule has 0 fully saturated rings. The molecule has 2 N–H and O–H groups in total. The summed E-state index contributed by atoms with van der Waals surface area (Å²) in [5, 5.41) is 21.1. The Morgan fingerprint density at radius 3 is 2.65 bits per heavy atom. The number of benzene rings is 1. The second-order valence-electron chi connectivity index (χ2n) is 5.01. The van der Waals surface area contributed by atoms with Crippen molar-refractivity contribution in [3.05, 3.63) is 29.3 Å². The van der Waals surface area contributed by atoms with Crippen molar-refractivity contribution < 1.29 is 10.3 Å². The van der Waals surface area contributed by atoms with Gasteiger partial charge in [-0.15, -0.1) is 0 Å². The fourth-order valence-corrected chi connectivity index (χ4v) is 1.90. The monoisotopic (exact) mass is 235 g/mol. The van der Waals surface area contributed by atoms with Crippen LogP contribution in [0.5, 0.6) is 5.75 Å². The van der Waals surface area contributed by atoms with Crippen molar-refractivity contribution in [2.45, 2.75) is 45.4 Å². The summed E-state index contributed by atoms with van der Waals surface area (Å²) in [5.74, 6) is 0.137. The lowest BCUT2D eigenvalue weighted by Crippen LogP contribution is -2.17. The molecule has 0 aliphatic heterocycles. The highest BCUT2D eigenvalue weighted by Crippen LogP contribution is 2.31. The minimum absolute atomic E-state index is 0.0712. The van der Waals surface area contributed by atoms with E-state index < -0.39 is 0 Å². The number of hydrogen-bond acceptors (Lipinski definition) is 3. The number of phenols is 1. The standard InChI is InChI=1S/C14H21NO2/c1-4-5-8-14(2,3)12-6-7-13(16)11(9-12)10-15-17/h6-7,9-10,16-17H,4-5,8H2,1-3H3/b15-10+. The van der Waals surface area contributed by atoms with Crippen LogP contribution in [0.15, 0.2) is 23.4 Å². The summed E-state index contributed by atoms with van der Waals surface area (Å²) in [5.41, 5.74) is 1.77. The zero-order valence-electron chi connectivity index (χ0n) is 10.8. The first kappa shape index (κ1) is 13.6. The lowest BCUT2D eigenvalue weighted by molar-refractivity contribution is 0.321. The lowest BCUT2D eigenvalue weighted by atomic mass is 9.79. The first-order chi connectivity index (χ1) is 8.01. The van der Waals surface area contributed by atoms with Gasteiger partial charge in [0.05, 0.1) is 6.21 Å². The summed E-state index contributed by atoms with van der Waals surface area (Å²) < 4.78 is 0. The molecule has 0 amide bonds. The summed E-state index contributed by atoms with van der Waals surface area (Å²) >= 11 is 0. The molecule has 3 heteroatoms. The average Bonchev–Trinajstić information content (AvgIpc) is 2.29. The van der Waals surface area contributed by atoms with E-state index in [1.54, 1.807) is 6.07 Å². The van der Waals surface area contributed by atoms with Crippen LogP contribution in [0.4, 0.5) is 0 Å². The van der Waals surface area contributed by atoms with E-state index in [0.717, 1.165) is 12.0 Å². The molecule has 0 saturated heterocycles. The molecular weight excluding hydrogens is 214 g/mol. The van der Waals surface area contributed by atoms with Crippen LogP contribution in [0.1, 0.15) is 51.2 Å². The predicted molar refractivity (Wildman–Crippen MR) is 70.0 cm³/mol. The van der Waals surface area contributed by atoms with Crippen LogP contribution in [0.3, 0.4) is 0 Å². The van der Waals surface area contributed by atoms with Gasteiger partial charge in [-0.1, -0.05) is 44.8 Å². The Hall–Kier alpha value is -1.51. The Bertz CT molecular complexity index is 397. The molecule has 0 heterocycles. The van der Waals surface area contributed by atoms with Crippen molar-refractivity contribution >= 4 is 6.21 Å². The van der Waals surface area contributed by atoms with E-state index >= 15 is 0 Å². The van der Waals surface area contributed by atoms with Crippen LogP contribution in [-0.2, 0) is 5.41 Å². The minimum atomic E-state index is 0.0712. The molecule has 0 aromatic heterocycles. The third kappa shape index (κ3) is 3.48. The fraction of sp³-hybridized carbons (Fsp3) is 0.500. The van der Waals surface area contributed by atoms with Crippen LogP contribution < -0.4 is 0 Å². The Kier molecular flexibility index (Phi) is 4.55. The molecule has 0 saturated carbocycles. The summed E-state index contributed by atoms with van der Waals surface area (Å²) in [6.45, 7) is 6.56. The molecule has 0 aliphatic carbocycles. The van der Waals surface area contributed by atoms with Crippen molar-refractivity contribution in [3.8, 4) is 5.75 Å². The van der Waals surface area contributed by atoms with E-state index in [9.17, 15) is 5.11 Å². The van der Waals surface area contributed by atoms with Gasteiger partial charge in [-0.2, -0.15) is 0 Å². The van der Waals surface area contributed by atoms with Gasteiger partial charge in [0.15, 0.2) is 0 Å². The largest absolute Gasteiger partial charge is 0.507 e. The SMILES string of the molecule is CCCCC(C)(C)c1ccc(O)c(/C=N/O)c1. The molecule has 0 spiro atoms. The highest BCUT2D eigenvalue weighted by Gasteiger charge is 2.20. The molecule has 0 bridgehead atoms.